The summed E-state index contributed by atoms with van der Waals surface area (Å²) in [6.45, 7) is -0.585. The lowest BCUT2D eigenvalue weighted by Gasteiger charge is -2.13. The quantitative estimate of drug-likeness (QED) is 0.555. The van der Waals surface area contributed by atoms with E-state index >= 15 is 0 Å². The minimum Gasteiger partial charge on any atom is -0.390 e. The molecule has 0 bridgehead atoms. The van der Waals surface area contributed by atoms with Gasteiger partial charge in [0, 0.05) is 11.1 Å². The number of aliphatic hydroxyl groups excluding tert-OH is 1. The van der Waals surface area contributed by atoms with E-state index in [0.29, 0.717) is 0 Å². The van der Waals surface area contributed by atoms with E-state index in [-0.39, 0.29) is 28.1 Å². The number of aromatic nitrogens is 1. The SMILES string of the molecule is OCc1nc(-c2cccc(C(F)(F)F)c2)ccc1-c1cccc(C(F)(F)F)c1. The van der Waals surface area contributed by atoms with Crippen LogP contribution in [-0.2, 0) is 19.0 Å². The van der Waals surface area contributed by atoms with Crippen molar-refractivity contribution in [1.82, 2.24) is 4.98 Å². The summed E-state index contributed by atoms with van der Waals surface area (Å²) < 4.78 is 77.5. The second kappa shape index (κ2) is 7.27. The highest BCUT2D eigenvalue weighted by Crippen LogP contribution is 2.35. The van der Waals surface area contributed by atoms with E-state index in [1.165, 1.54) is 36.4 Å². The number of pyridine rings is 1. The van der Waals surface area contributed by atoms with Crippen LogP contribution in [0.1, 0.15) is 16.8 Å². The van der Waals surface area contributed by atoms with Crippen molar-refractivity contribution >= 4 is 0 Å². The first-order valence-corrected chi connectivity index (χ1v) is 8.05. The van der Waals surface area contributed by atoms with Crippen molar-refractivity contribution in [2.24, 2.45) is 0 Å². The first-order valence-electron chi connectivity index (χ1n) is 8.05. The van der Waals surface area contributed by atoms with Crippen molar-refractivity contribution in [3.8, 4) is 22.4 Å². The van der Waals surface area contributed by atoms with Crippen LogP contribution < -0.4 is 0 Å². The van der Waals surface area contributed by atoms with Gasteiger partial charge in [-0.05, 0) is 35.9 Å². The highest BCUT2D eigenvalue weighted by atomic mass is 19.4. The Kier molecular flexibility index (Phi) is 5.16. The van der Waals surface area contributed by atoms with E-state index < -0.39 is 30.1 Å². The normalized spacial score (nSPS) is 12.2. The number of rotatable bonds is 3. The van der Waals surface area contributed by atoms with Gasteiger partial charge < -0.3 is 5.11 Å². The fraction of sp³-hybridized carbons (Fsp3) is 0.150. The van der Waals surface area contributed by atoms with Crippen LogP contribution in [-0.4, -0.2) is 10.1 Å². The second-order valence-electron chi connectivity index (χ2n) is 6.01. The molecule has 0 aliphatic heterocycles. The maximum Gasteiger partial charge on any atom is 0.416 e. The van der Waals surface area contributed by atoms with Crippen molar-refractivity contribution in [2.45, 2.75) is 19.0 Å². The van der Waals surface area contributed by atoms with Crippen LogP contribution in [0.15, 0.2) is 60.7 Å². The van der Waals surface area contributed by atoms with E-state index in [0.717, 1.165) is 24.3 Å². The van der Waals surface area contributed by atoms with Crippen LogP contribution in [0.2, 0.25) is 0 Å². The molecule has 28 heavy (non-hydrogen) atoms. The lowest BCUT2D eigenvalue weighted by Crippen LogP contribution is -2.05. The molecule has 146 valence electrons. The van der Waals surface area contributed by atoms with Gasteiger partial charge in [-0.3, -0.25) is 0 Å². The molecule has 1 N–H and O–H groups in total. The first kappa shape index (κ1) is 19.9. The standard InChI is InChI=1S/C20H13F6NO/c21-19(22,23)14-5-1-3-12(9-14)16-7-8-17(27-18(16)11-28)13-4-2-6-15(10-13)20(24,25)26/h1-10,28H,11H2. The summed E-state index contributed by atoms with van der Waals surface area (Å²) >= 11 is 0. The Morgan fingerprint density at radius 1 is 0.714 bits per heavy atom. The molecule has 3 aromatic rings. The Bertz CT molecular complexity index is 994. The molecule has 0 aliphatic carbocycles. The number of hydrogen-bond acceptors (Lipinski definition) is 2. The van der Waals surface area contributed by atoms with Gasteiger partial charge in [-0.2, -0.15) is 26.3 Å². The van der Waals surface area contributed by atoms with Crippen LogP contribution >= 0.6 is 0 Å². The summed E-state index contributed by atoms with van der Waals surface area (Å²) in [5.41, 5.74) is -0.818. The predicted molar refractivity (Wildman–Crippen MR) is 91.0 cm³/mol. The number of hydrogen-bond donors (Lipinski definition) is 1. The number of benzene rings is 2. The molecule has 0 unspecified atom stereocenters. The molecule has 1 heterocycles. The lowest BCUT2D eigenvalue weighted by molar-refractivity contribution is -0.138. The topological polar surface area (TPSA) is 33.1 Å². The van der Waals surface area contributed by atoms with Gasteiger partial charge in [-0.25, -0.2) is 4.98 Å². The Balaban J connectivity index is 2.05. The van der Waals surface area contributed by atoms with Crippen LogP contribution in [0, 0.1) is 0 Å². The largest absolute Gasteiger partial charge is 0.416 e. The molecular weight excluding hydrogens is 384 g/mol. The van der Waals surface area contributed by atoms with Gasteiger partial charge in [0.25, 0.3) is 0 Å². The molecule has 2 nitrogen and oxygen atoms in total. The van der Waals surface area contributed by atoms with Crippen molar-refractivity contribution in [3.05, 3.63) is 77.5 Å². The van der Waals surface area contributed by atoms with E-state index in [2.05, 4.69) is 4.98 Å². The van der Waals surface area contributed by atoms with Gasteiger partial charge in [0.1, 0.15) is 0 Å². The summed E-state index contributed by atoms with van der Waals surface area (Å²) in [5, 5.41) is 9.60. The fourth-order valence-electron chi connectivity index (χ4n) is 2.76. The Morgan fingerprint density at radius 2 is 1.25 bits per heavy atom. The second-order valence-corrected chi connectivity index (χ2v) is 6.01. The summed E-state index contributed by atoms with van der Waals surface area (Å²) in [6.07, 6.45) is -9.05. The predicted octanol–water partition coefficient (Wildman–Crippen LogP) is 5.95. The van der Waals surface area contributed by atoms with Crippen molar-refractivity contribution in [2.75, 3.05) is 0 Å². The summed E-state index contributed by atoms with van der Waals surface area (Å²) in [5.74, 6) is 0. The molecule has 0 saturated carbocycles. The third-order valence-electron chi connectivity index (χ3n) is 4.11. The third-order valence-corrected chi connectivity index (χ3v) is 4.11. The summed E-state index contributed by atoms with van der Waals surface area (Å²) in [6, 6.07) is 11.9. The first-order chi connectivity index (χ1) is 13.1. The molecule has 0 saturated heterocycles. The molecule has 0 spiro atoms. The Hall–Kier alpha value is -2.87. The highest BCUT2D eigenvalue weighted by Gasteiger charge is 2.31. The fourth-order valence-corrected chi connectivity index (χ4v) is 2.76. The van der Waals surface area contributed by atoms with Crippen LogP contribution in [0.4, 0.5) is 26.3 Å². The summed E-state index contributed by atoms with van der Waals surface area (Å²) in [4.78, 5) is 4.15. The van der Waals surface area contributed by atoms with E-state index in [1.807, 2.05) is 0 Å². The van der Waals surface area contributed by atoms with Gasteiger partial charge in [0.15, 0.2) is 0 Å². The number of nitrogens with zero attached hydrogens (tertiary/aromatic N) is 1. The van der Waals surface area contributed by atoms with Gasteiger partial charge in [0.2, 0.25) is 0 Å². The molecule has 1 aromatic heterocycles. The smallest absolute Gasteiger partial charge is 0.390 e. The molecule has 3 rings (SSSR count). The van der Waals surface area contributed by atoms with Gasteiger partial charge in [0.05, 0.1) is 29.1 Å². The van der Waals surface area contributed by atoms with E-state index in [1.54, 1.807) is 0 Å². The van der Waals surface area contributed by atoms with Gasteiger partial charge in [-0.15, -0.1) is 0 Å². The molecule has 8 heteroatoms. The minimum absolute atomic E-state index is 0.0641. The monoisotopic (exact) mass is 397 g/mol. The van der Waals surface area contributed by atoms with Crippen molar-refractivity contribution in [3.63, 3.8) is 0 Å². The number of alkyl halides is 6. The summed E-state index contributed by atoms with van der Waals surface area (Å²) in [7, 11) is 0. The van der Waals surface area contributed by atoms with Gasteiger partial charge in [-0.1, -0.05) is 30.3 Å². The zero-order chi connectivity index (χ0) is 20.5. The third kappa shape index (κ3) is 4.17. The Labute approximate surface area is 156 Å². The minimum atomic E-state index is -4.53. The molecular formula is C20H13F6NO. The zero-order valence-corrected chi connectivity index (χ0v) is 14.1. The number of aliphatic hydroxyl groups is 1. The Morgan fingerprint density at radius 3 is 1.79 bits per heavy atom. The van der Waals surface area contributed by atoms with Crippen molar-refractivity contribution in [1.29, 1.82) is 0 Å². The maximum atomic E-state index is 12.9. The zero-order valence-electron chi connectivity index (χ0n) is 14.1. The maximum absolute atomic E-state index is 12.9. The lowest BCUT2D eigenvalue weighted by atomic mass is 9.99. The van der Waals surface area contributed by atoms with Crippen LogP contribution in [0.25, 0.3) is 22.4 Å². The average molecular weight is 397 g/mol. The number of halogens is 6. The molecule has 0 amide bonds. The van der Waals surface area contributed by atoms with E-state index in [4.69, 9.17) is 0 Å². The van der Waals surface area contributed by atoms with Crippen LogP contribution in [0.3, 0.4) is 0 Å². The molecule has 0 fully saturated rings. The van der Waals surface area contributed by atoms with Gasteiger partial charge >= 0.3 is 12.4 Å². The molecule has 0 atom stereocenters. The average Bonchev–Trinajstić information content (AvgIpc) is 2.66. The van der Waals surface area contributed by atoms with E-state index in [9.17, 15) is 31.4 Å². The molecule has 2 aromatic carbocycles. The molecule has 0 aliphatic rings. The molecule has 0 radical (unpaired) electrons. The van der Waals surface area contributed by atoms with Crippen molar-refractivity contribution < 1.29 is 31.4 Å². The highest BCUT2D eigenvalue weighted by molar-refractivity contribution is 5.70. The van der Waals surface area contributed by atoms with Crippen LogP contribution in [0.5, 0.6) is 0 Å².